The van der Waals surface area contributed by atoms with Crippen LogP contribution in [0.5, 0.6) is 0 Å². The zero-order chi connectivity index (χ0) is 9.26. The average molecular weight is 177 g/mol. The Balaban J connectivity index is 2.40. The number of aromatic amines is 1. The number of rotatable bonds is 1. The minimum atomic E-state index is -0.218. The molecule has 1 aromatic heterocycles. The first kappa shape index (κ1) is 7.91. The lowest BCUT2D eigenvalue weighted by Gasteiger charge is -2.18. The number of anilines is 2. The van der Waals surface area contributed by atoms with Crippen molar-refractivity contribution in [3.63, 3.8) is 0 Å². The summed E-state index contributed by atoms with van der Waals surface area (Å²) < 4.78 is 0. The summed E-state index contributed by atoms with van der Waals surface area (Å²) in [6.07, 6.45) is 5.73. The molecule has 0 unspecified atom stereocenters. The molecule has 1 aliphatic rings. The molecule has 0 aliphatic carbocycles. The number of nitrogens with two attached hydrogens (primary N) is 1. The van der Waals surface area contributed by atoms with E-state index in [9.17, 15) is 4.79 Å². The van der Waals surface area contributed by atoms with Gasteiger partial charge in [-0.3, -0.25) is 4.79 Å². The highest BCUT2D eigenvalue weighted by Gasteiger charge is 2.11. The molecular formula is C9H11N3O. The topological polar surface area (TPSA) is 62.1 Å². The number of nitrogen functional groups attached to an aromatic ring is 1. The van der Waals surface area contributed by atoms with Crippen LogP contribution in [0.15, 0.2) is 29.2 Å². The number of H-pyrrole nitrogens is 1. The van der Waals surface area contributed by atoms with Gasteiger partial charge in [0, 0.05) is 19.3 Å². The number of nitrogens with one attached hydrogen (secondary N) is 1. The largest absolute Gasteiger partial charge is 0.393 e. The van der Waals surface area contributed by atoms with Crippen molar-refractivity contribution in [2.24, 2.45) is 0 Å². The average Bonchev–Trinajstić information content (AvgIpc) is 2.62. The fourth-order valence-corrected chi connectivity index (χ4v) is 1.43. The van der Waals surface area contributed by atoms with Crippen LogP contribution in [0.2, 0.25) is 0 Å². The number of nitrogens with zero attached hydrogens (tertiary/aromatic N) is 1. The lowest BCUT2D eigenvalue weighted by molar-refractivity contribution is 1.00. The fraction of sp³-hybridized carbons (Fsp3) is 0.222. The van der Waals surface area contributed by atoms with E-state index in [0.717, 1.165) is 18.8 Å². The number of pyridine rings is 1. The highest BCUT2D eigenvalue weighted by Crippen LogP contribution is 2.19. The molecule has 0 amide bonds. The summed E-state index contributed by atoms with van der Waals surface area (Å²) in [5.41, 5.74) is 6.54. The van der Waals surface area contributed by atoms with Crippen LogP contribution in [0.1, 0.15) is 0 Å². The predicted octanol–water partition coefficient (Wildman–Crippen LogP) is 0.333. The second kappa shape index (κ2) is 2.97. The molecule has 0 spiro atoms. The molecule has 2 rings (SSSR count). The summed E-state index contributed by atoms with van der Waals surface area (Å²) in [6, 6.07) is 1.82. The van der Waals surface area contributed by atoms with E-state index in [2.05, 4.69) is 17.1 Å². The van der Waals surface area contributed by atoms with Gasteiger partial charge >= 0.3 is 0 Å². The second-order valence-corrected chi connectivity index (χ2v) is 2.98. The normalized spacial score (nSPS) is 15.2. The van der Waals surface area contributed by atoms with Gasteiger partial charge in [-0.25, -0.2) is 0 Å². The third-order valence-electron chi connectivity index (χ3n) is 2.14. The predicted molar refractivity (Wildman–Crippen MR) is 52.8 cm³/mol. The monoisotopic (exact) mass is 177 g/mol. The van der Waals surface area contributed by atoms with E-state index >= 15 is 0 Å². The van der Waals surface area contributed by atoms with Crippen LogP contribution >= 0.6 is 0 Å². The van der Waals surface area contributed by atoms with Gasteiger partial charge in [-0.2, -0.15) is 0 Å². The van der Waals surface area contributed by atoms with Crippen LogP contribution in [0.3, 0.4) is 0 Å². The van der Waals surface area contributed by atoms with Crippen molar-refractivity contribution in [3.05, 3.63) is 34.8 Å². The maximum atomic E-state index is 11.2. The van der Waals surface area contributed by atoms with Crippen molar-refractivity contribution in [2.75, 3.05) is 23.7 Å². The van der Waals surface area contributed by atoms with Gasteiger partial charge in [0.05, 0.1) is 5.69 Å². The molecule has 0 aromatic carbocycles. The van der Waals surface area contributed by atoms with Gasteiger partial charge in [0.1, 0.15) is 5.69 Å². The maximum Gasteiger partial charge on any atom is 0.273 e. The van der Waals surface area contributed by atoms with Gasteiger partial charge in [-0.15, -0.1) is 0 Å². The Kier molecular flexibility index (Phi) is 1.81. The summed E-state index contributed by atoms with van der Waals surface area (Å²) in [6.45, 7) is 1.65. The highest BCUT2D eigenvalue weighted by molar-refractivity contribution is 5.67. The number of hydrogen-bond acceptors (Lipinski definition) is 3. The molecule has 1 aliphatic heterocycles. The van der Waals surface area contributed by atoms with Crippen molar-refractivity contribution >= 4 is 11.4 Å². The van der Waals surface area contributed by atoms with E-state index < -0.39 is 0 Å². The van der Waals surface area contributed by atoms with Crippen molar-refractivity contribution in [1.29, 1.82) is 0 Å². The zero-order valence-electron chi connectivity index (χ0n) is 7.16. The van der Waals surface area contributed by atoms with E-state index in [-0.39, 0.29) is 5.56 Å². The molecule has 1 aromatic rings. The minimum absolute atomic E-state index is 0.218. The van der Waals surface area contributed by atoms with Crippen LogP contribution in [-0.4, -0.2) is 18.1 Å². The lowest BCUT2D eigenvalue weighted by Crippen LogP contribution is -2.23. The standard InChI is InChI=1S/C9H11N3O/c10-8-7(3-4-11-9(8)13)12-5-1-2-6-12/h1-4H,5-6,10H2,(H,11,13). The molecule has 13 heavy (non-hydrogen) atoms. The maximum absolute atomic E-state index is 11.2. The Morgan fingerprint density at radius 3 is 2.77 bits per heavy atom. The third-order valence-corrected chi connectivity index (χ3v) is 2.14. The van der Waals surface area contributed by atoms with Crippen LogP contribution in [0, 0.1) is 0 Å². The van der Waals surface area contributed by atoms with Crippen LogP contribution in [0.4, 0.5) is 11.4 Å². The Labute approximate surface area is 75.7 Å². The molecule has 0 radical (unpaired) electrons. The van der Waals surface area contributed by atoms with Crippen molar-refractivity contribution in [1.82, 2.24) is 4.98 Å². The smallest absolute Gasteiger partial charge is 0.273 e. The molecule has 0 saturated carbocycles. The van der Waals surface area contributed by atoms with Crippen LogP contribution < -0.4 is 16.2 Å². The molecule has 2 heterocycles. The van der Waals surface area contributed by atoms with Gasteiger partial charge in [-0.1, -0.05) is 12.2 Å². The molecule has 4 nitrogen and oxygen atoms in total. The molecule has 0 saturated heterocycles. The van der Waals surface area contributed by atoms with E-state index in [0.29, 0.717) is 5.69 Å². The van der Waals surface area contributed by atoms with Gasteiger partial charge in [0.25, 0.3) is 5.56 Å². The van der Waals surface area contributed by atoms with E-state index in [1.807, 2.05) is 11.0 Å². The molecule has 68 valence electrons. The lowest BCUT2D eigenvalue weighted by atomic mass is 10.3. The van der Waals surface area contributed by atoms with E-state index in [1.165, 1.54) is 0 Å². The third kappa shape index (κ3) is 1.30. The minimum Gasteiger partial charge on any atom is -0.393 e. The summed E-state index contributed by atoms with van der Waals surface area (Å²) in [5, 5.41) is 0. The number of aromatic nitrogens is 1. The fourth-order valence-electron chi connectivity index (χ4n) is 1.43. The summed E-state index contributed by atoms with van der Waals surface area (Å²) >= 11 is 0. The molecule has 0 atom stereocenters. The molecule has 4 heteroatoms. The van der Waals surface area contributed by atoms with Crippen molar-refractivity contribution in [3.8, 4) is 0 Å². The molecule has 3 N–H and O–H groups in total. The Bertz CT molecular complexity index is 386. The molecule has 0 fully saturated rings. The van der Waals surface area contributed by atoms with Gasteiger partial charge in [0.15, 0.2) is 0 Å². The van der Waals surface area contributed by atoms with E-state index in [4.69, 9.17) is 5.73 Å². The Morgan fingerprint density at radius 1 is 1.38 bits per heavy atom. The first-order valence-corrected chi connectivity index (χ1v) is 4.16. The van der Waals surface area contributed by atoms with Gasteiger partial charge in [-0.05, 0) is 6.07 Å². The van der Waals surface area contributed by atoms with Crippen molar-refractivity contribution in [2.45, 2.75) is 0 Å². The van der Waals surface area contributed by atoms with E-state index in [1.54, 1.807) is 6.20 Å². The number of hydrogen-bond donors (Lipinski definition) is 2. The summed E-state index contributed by atoms with van der Waals surface area (Å²) in [4.78, 5) is 15.8. The molecular weight excluding hydrogens is 166 g/mol. The summed E-state index contributed by atoms with van der Waals surface area (Å²) in [5.74, 6) is 0. The Morgan fingerprint density at radius 2 is 2.08 bits per heavy atom. The second-order valence-electron chi connectivity index (χ2n) is 2.98. The first-order chi connectivity index (χ1) is 6.29. The van der Waals surface area contributed by atoms with Gasteiger partial charge in [0.2, 0.25) is 0 Å². The molecule has 0 bridgehead atoms. The first-order valence-electron chi connectivity index (χ1n) is 4.16. The van der Waals surface area contributed by atoms with Crippen LogP contribution in [0.25, 0.3) is 0 Å². The quantitative estimate of drug-likeness (QED) is 0.608. The Hall–Kier alpha value is -1.71. The zero-order valence-corrected chi connectivity index (χ0v) is 7.16. The van der Waals surface area contributed by atoms with Crippen LogP contribution in [-0.2, 0) is 0 Å². The van der Waals surface area contributed by atoms with Crippen molar-refractivity contribution < 1.29 is 0 Å². The highest BCUT2D eigenvalue weighted by atomic mass is 16.1. The van der Waals surface area contributed by atoms with Gasteiger partial charge < -0.3 is 15.6 Å². The SMILES string of the molecule is Nc1c(N2CC=CC2)cc[nH]c1=O. The summed E-state index contributed by atoms with van der Waals surface area (Å²) in [7, 11) is 0.